The van der Waals surface area contributed by atoms with Crippen molar-refractivity contribution in [3.8, 4) is 0 Å². The van der Waals surface area contributed by atoms with Gasteiger partial charge in [-0.15, -0.1) is 11.3 Å². The lowest BCUT2D eigenvalue weighted by atomic mass is 10.3. The van der Waals surface area contributed by atoms with E-state index in [1.165, 1.54) is 6.33 Å². The number of anilines is 1. The second-order valence-electron chi connectivity index (χ2n) is 3.70. The van der Waals surface area contributed by atoms with Crippen molar-refractivity contribution in [2.45, 2.75) is 16.6 Å². The first-order valence-electron chi connectivity index (χ1n) is 5.66. The molecule has 7 heteroatoms. The summed E-state index contributed by atoms with van der Waals surface area (Å²) in [6.07, 6.45) is 3.32. The van der Waals surface area contributed by atoms with Crippen LogP contribution in [0.25, 0.3) is 0 Å². The van der Waals surface area contributed by atoms with Gasteiger partial charge in [0.15, 0.2) is 5.16 Å². The van der Waals surface area contributed by atoms with Crippen LogP contribution in [0.1, 0.15) is 5.01 Å². The molecule has 0 atom stereocenters. The fourth-order valence-electron chi connectivity index (χ4n) is 1.51. The Hall–Kier alpha value is -1.86. The lowest BCUT2D eigenvalue weighted by molar-refractivity contribution is 0.973. The van der Waals surface area contributed by atoms with Gasteiger partial charge in [-0.25, -0.2) is 9.97 Å². The van der Waals surface area contributed by atoms with E-state index in [0.717, 1.165) is 27.3 Å². The number of hydrogen-bond acceptors (Lipinski definition) is 6. The first kappa shape index (κ1) is 12.2. The first-order valence-corrected chi connectivity index (χ1v) is 7.35. The number of H-pyrrole nitrogens is 1. The number of hydrogen-bond donors (Lipinski definition) is 2. The Balaban J connectivity index is 1.59. The smallest absolute Gasteiger partial charge is 0.188 e. The lowest BCUT2D eigenvalue weighted by Crippen LogP contribution is -1.98. The molecule has 2 N–H and O–H groups in total. The molecule has 3 aromatic rings. The minimum Gasteiger partial charge on any atom is -0.379 e. The number of benzene rings is 1. The van der Waals surface area contributed by atoms with Crippen LogP contribution in [-0.4, -0.2) is 20.2 Å². The fraction of sp³-hybridized carbons (Fsp3) is 0.0833. The van der Waals surface area contributed by atoms with Crippen molar-refractivity contribution >= 4 is 28.8 Å². The number of nitrogens with zero attached hydrogens (tertiary/aromatic N) is 3. The molecule has 0 saturated carbocycles. The molecule has 0 fully saturated rings. The van der Waals surface area contributed by atoms with Gasteiger partial charge in [-0.2, -0.15) is 5.10 Å². The maximum atomic E-state index is 4.23. The molecular formula is C12H11N5S2. The molecule has 2 heterocycles. The summed E-state index contributed by atoms with van der Waals surface area (Å²) in [5, 5.41) is 13.8. The average Bonchev–Trinajstić information content (AvgIpc) is 3.11. The van der Waals surface area contributed by atoms with Crippen LogP contribution >= 0.6 is 23.1 Å². The summed E-state index contributed by atoms with van der Waals surface area (Å²) in [6.45, 7) is 0.756. The third-order valence-corrected chi connectivity index (χ3v) is 4.07. The Bertz CT molecular complexity index is 604. The highest BCUT2D eigenvalue weighted by molar-refractivity contribution is 7.99. The third kappa shape index (κ3) is 3.33. The first-order chi connectivity index (χ1) is 9.40. The van der Waals surface area contributed by atoms with E-state index in [2.05, 4.69) is 37.6 Å². The van der Waals surface area contributed by atoms with E-state index in [4.69, 9.17) is 0 Å². The Morgan fingerprint density at radius 1 is 1.21 bits per heavy atom. The Labute approximate surface area is 118 Å². The molecule has 0 amide bonds. The van der Waals surface area contributed by atoms with E-state index in [1.54, 1.807) is 23.1 Å². The Kier molecular flexibility index (Phi) is 3.75. The molecule has 0 unspecified atom stereocenters. The van der Waals surface area contributed by atoms with E-state index < -0.39 is 0 Å². The molecule has 19 heavy (non-hydrogen) atoms. The Morgan fingerprint density at radius 3 is 2.79 bits per heavy atom. The predicted octanol–water partition coefficient (Wildman–Crippen LogP) is 3.02. The minimum atomic E-state index is 0.756. The van der Waals surface area contributed by atoms with E-state index in [-0.39, 0.29) is 0 Å². The molecule has 0 spiro atoms. The zero-order valence-electron chi connectivity index (χ0n) is 9.91. The lowest BCUT2D eigenvalue weighted by Gasteiger charge is -2.05. The van der Waals surface area contributed by atoms with Crippen molar-refractivity contribution in [2.75, 3.05) is 5.32 Å². The quantitative estimate of drug-likeness (QED) is 0.755. The van der Waals surface area contributed by atoms with Crippen molar-refractivity contribution < 1.29 is 0 Å². The van der Waals surface area contributed by atoms with Crippen LogP contribution in [0.3, 0.4) is 0 Å². The van der Waals surface area contributed by atoms with Crippen molar-refractivity contribution in [1.29, 1.82) is 0 Å². The van der Waals surface area contributed by atoms with Crippen LogP contribution in [-0.2, 0) is 6.54 Å². The molecule has 0 saturated heterocycles. The monoisotopic (exact) mass is 289 g/mol. The standard InChI is InChI=1S/C12H11N5S2/c1-3-10(19-12-15-8-16-17-12)4-2-9(1)14-7-11-13-5-6-18-11/h1-6,8,14H,7H2,(H,15,16,17). The molecule has 0 aliphatic heterocycles. The van der Waals surface area contributed by atoms with Gasteiger partial charge in [0.05, 0.1) is 6.54 Å². The zero-order valence-corrected chi connectivity index (χ0v) is 11.5. The van der Waals surface area contributed by atoms with Crippen LogP contribution in [0.5, 0.6) is 0 Å². The summed E-state index contributed by atoms with van der Waals surface area (Å²) < 4.78 is 0. The van der Waals surface area contributed by atoms with Gasteiger partial charge >= 0.3 is 0 Å². The molecule has 0 aliphatic carbocycles. The molecule has 1 aromatic carbocycles. The maximum absolute atomic E-state index is 4.23. The maximum Gasteiger partial charge on any atom is 0.188 e. The largest absolute Gasteiger partial charge is 0.379 e. The minimum absolute atomic E-state index is 0.756. The highest BCUT2D eigenvalue weighted by Crippen LogP contribution is 2.25. The summed E-state index contributed by atoms with van der Waals surface area (Å²) in [5.74, 6) is 0. The molecule has 3 rings (SSSR count). The van der Waals surface area contributed by atoms with Crippen molar-refractivity contribution in [3.05, 3.63) is 47.2 Å². The summed E-state index contributed by atoms with van der Waals surface area (Å²) in [7, 11) is 0. The van der Waals surface area contributed by atoms with Gasteiger partial charge < -0.3 is 5.32 Å². The third-order valence-electron chi connectivity index (χ3n) is 2.39. The molecule has 96 valence electrons. The van der Waals surface area contributed by atoms with Crippen LogP contribution in [0.15, 0.2) is 52.2 Å². The SMILES string of the molecule is c1n[nH]c(Sc2ccc(NCc3nccs3)cc2)n1. The number of aromatic amines is 1. The highest BCUT2D eigenvalue weighted by Gasteiger charge is 2.00. The van der Waals surface area contributed by atoms with E-state index in [0.29, 0.717) is 0 Å². The van der Waals surface area contributed by atoms with E-state index >= 15 is 0 Å². The van der Waals surface area contributed by atoms with Crippen LogP contribution < -0.4 is 5.32 Å². The van der Waals surface area contributed by atoms with Crippen LogP contribution in [0.4, 0.5) is 5.69 Å². The summed E-state index contributed by atoms with van der Waals surface area (Å²) in [6, 6.07) is 8.20. The van der Waals surface area contributed by atoms with Gasteiger partial charge in [-0.3, -0.25) is 5.10 Å². The number of nitrogens with one attached hydrogen (secondary N) is 2. The molecule has 0 bridgehead atoms. The summed E-state index contributed by atoms with van der Waals surface area (Å²) in [4.78, 5) is 9.43. The van der Waals surface area contributed by atoms with Gasteiger partial charge in [0, 0.05) is 22.2 Å². The van der Waals surface area contributed by atoms with Gasteiger partial charge in [0.25, 0.3) is 0 Å². The molecule has 0 radical (unpaired) electrons. The number of aromatic nitrogens is 4. The number of rotatable bonds is 5. The van der Waals surface area contributed by atoms with E-state index in [9.17, 15) is 0 Å². The van der Waals surface area contributed by atoms with Crippen molar-refractivity contribution in [2.24, 2.45) is 0 Å². The summed E-state index contributed by atoms with van der Waals surface area (Å²) in [5.41, 5.74) is 1.08. The van der Waals surface area contributed by atoms with Gasteiger partial charge in [0.2, 0.25) is 0 Å². The topological polar surface area (TPSA) is 66.5 Å². The van der Waals surface area contributed by atoms with Crippen molar-refractivity contribution in [1.82, 2.24) is 20.2 Å². The van der Waals surface area contributed by atoms with Crippen LogP contribution in [0.2, 0.25) is 0 Å². The second kappa shape index (κ2) is 5.85. The molecule has 5 nitrogen and oxygen atoms in total. The predicted molar refractivity (Wildman–Crippen MR) is 76.4 cm³/mol. The van der Waals surface area contributed by atoms with E-state index in [1.807, 2.05) is 23.7 Å². The second-order valence-corrected chi connectivity index (χ2v) is 5.74. The fourth-order valence-corrected chi connectivity index (χ4v) is 2.76. The van der Waals surface area contributed by atoms with Gasteiger partial charge in [-0.1, -0.05) is 11.8 Å². The van der Waals surface area contributed by atoms with Crippen LogP contribution in [0, 0.1) is 0 Å². The van der Waals surface area contributed by atoms with Gasteiger partial charge in [-0.05, 0) is 24.3 Å². The molecule has 2 aromatic heterocycles. The Morgan fingerprint density at radius 2 is 2.11 bits per heavy atom. The van der Waals surface area contributed by atoms with Gasteiger partial charge in [0.1, 0.15) is 11.3 Å². The highest BCUT2D eigenvalue weighted by atomic mass is 32.2. The average molecular weight is 289 g/mol. The summed E-state index contributed by atoms with van der Waals surface area (Å²) >= 11 is 3.20. The molecular weight excluding hydrogens is 278 g/mol. The normalized spacial score (nSPS) is 10.5. The zero-order chi connectivity index (χ0) is 12.9. The molecule has 0 aliphatic rings. The number of thiazole rings is 1. The van der Waals surface area contributed by atoms with Crippen molar-refractivity contribution in [3.63, 3.8) is 0 Å².